The summed E-state index contributed by atoms with van der Waals surface area (Å²) in [6, 6.07) is 8.68. The summed E-state index contributed by atoms with van der Waals surface area (Å²) in [6.07, 6.45) is 0.649. The van der Waals surface area contributed by atoms with E-state index in [1.807, 2.05) is 28.8 Å². The van der Waals surface area contributed by atoms with Crippen molar-refractivity contribution in [1.29, 1.82) is 0 Å². The molecule has 0 aliphatic carbocycles. The molecule has 0 aliphatic heterocycles. The van der Waals surface area contributed by atoms with Gasteiger partial charge in [-0.25, -0.2) is 0 Å². The summed E-state index contributed by atoms with van der Waals surface area (Å²) >= 11 is 0. The van der Waals surface area contributed by atoms with E-state index in [4.69, 9.17) is 19.3 Å². The molecule has 25 heavy (non-hydrogen) atoms. The number of aromatic nitrogens is 1. The predicted molar refractivity (Wildman–Crippen MR) is 92.5 cm³/mol. The molecule has 1 heterocycles. The third-order valence-electron chi connectivity index (χ3n) is 3.68. The minimum atomic E-state index is -1.02. The maximum atomic E-state index is 11.9. The maximum absolute atomic E-state index is 11.9. The van der Waals surface area contributed by atoms with Gasteiger partial charge in [0.05, 0.1) is 26.0 Å². The van der Waals surface area contributed by atoms with Crippen molar-refractivity contribution < 1.29 is 24.4 Å². The number of methoxy groups -OCH3 is 1. The van der Waals surface area contributed by atoms with E-state index in [9.17, 15) is 9.90 Å². The summed E-state index contributed by atoms with van der Waals surface area (Å²) in [5.74, 6) is 1.65. The fourth-order valence-corrected chi connectivity index (χ4v) is 2.24. The van der Waals surface area contributed by atoms with Crippen molar-refractivity contribution in [2.75, 3.05) is 26.9 Å². The molecule has 0 radical (unpaired) electrons. The number of aliphatic hydroxyl groups is 2. The molecule has 1 aromatic carbocycles. The van der Waals surface area contributed by atoms with Crippen LogP contribution in [0, 0.1) is 6.92 Å². The van der Waals surface area contributed by atoms with Crippen LogP contribution >= 0.6 is 0 Å². The molecule has 1 atom stereocenters. The third kappa shape index (κ3) is 5.23. The van der Waals surface area contributed by atoms with E-state index >= 15 is 0 Å². The van der Waals surface area contributed by atoms with Gasteiger partial charge in [-0.3, -0.25) is 4.79 Å². The molecule has 0 saturated carbocycles. The molecular weight excluding hydrogens is 326 g/mol. The van der Waals surface area contributed by atoms with Crippen molar-refractivity contribution >= 4 is 0 Å². The number of aliphatic hydroxyl groups excluding tert-OH is 2. The molecule has 0 bridgehead atoms. The maximum Gasteiger partial charge on any atom is 0.223 e. The van der Waals surface area contributed by atoms with Gasteiger partial charge in [-0.1, -0.05) is 0 Å². The van der Waals surface area contributed by atoms with Gasteiger partial charge in [0, 0.05) is 12.3 Å². The average molecular weight is 349 g/mol. The molecule has 136 valence electrons. The second-order valence-electron chi connectivity index (χ2n) is 5.46. The summed E-state index contributed by atoms with van der Waals surface area (Å²) < 4.78 is 18.0. The SMILES string of the molecule is COc1ccc(OCCn2ccc(=O)c(OCC(O)CO)c2C)cc1. The highest BCUT2D eigenvalue weighted by Crippen LogP contribution is 2.17. The number of rotatable bonds is 9. The lowest BCUT2D eigenvalue weighted by Crippen LogP contribution is -2.25. The van der Waals surface area contributed by atoms with Gasteiger partial charge in [-0.15, -0.1) is 0 Å². The Labute approximate surface area is 146 Å². The van der Waals surface area contributed by atoms with Crippen LogP contribution in [0.5, 0.6) is 17.2 Å². The summed E-state index contributed by atoms with van der Waals surface area (Å²) in [6.45, 7) is 2.13. The van der Waals surface area contributed by atoms with Crippen LogP contribution in [-0.4, -0.2) is 47.8 Å². The fraction of sp³-hybridized carbons (Fsp3) is 0.389. The lowest BCUT2D eigenvalue weighted by atomic mass is 10.3. The van der Waals surface area contributed by atoms with Gasteiger partial charge < -0.3 is 29.0 Å². The van der Waals surface area contributed by atoms with Crippen LogP contribution in [0.1, 0.15) is 5.69 Å². The lowest BCUT2D eigenvalue weighted by molar-refractivity contribution is 0.0527. The molecule has 7 nitrogen and oxygen atoms in total. The molecule has 0 aliphatic rings. The zero-order valence-electron chi connectivity index (χ0n) is 14.3. The quantitative estimate of drug-likeness (QED) is 0.701. The molecule has 0 saturated heterocycles. The highest BCUT2D eigenvalue weighted by Gasteiger charge is 2.11. The van der Waals surface area contributed by atoms with Gasteiger partial charge in [0.15, 0.2) is 5.75 Å². The van der Waals surface area contributed by atoms with Gasteiger partial charge in [-0.05, 0) is 31.2 Å². The first-order chi connectivity index (χ1) is 12.0. The molecule has 0 fully saturated rings. The van der Waals surface area contributed by atoms with Crippen LogP contribution < -0.4 is 19.6 Å². The van der Waals surface area contributed by atoms with E-state index in [2.05, 4.69) is 0 Å². The van der Waals surface area contributed by atoms with Crippen LogP contribution in [0.25, 0.3) is 0 Å². The standard InChI is InChI=1S/C18H23NO6/c1-13-18(25-12-14(21)11-20)17(22)7-8-19(13)9-10-24-16-5-3-15(23-2)4-6-16/h3-8,14,20-21H,9-12H2,1-2H3. The van der Waals surface area contributed by atoms with Crippen molar-refractivity contribution in [3.8, 4) is 17.2 Å². The van der Waals surface area contributed by atoms with Crippen LogP contribution in [0.15, 0.2) is 41.3 Å². The smallest absolute Gasteiger partial charge is 0.223 e. The van der Waals surface area contributed by atoms with Crippen molar-refractivity contribution in [3.63, 3.8) is 0 Å². The Hall–Kier alpha value is -2.51. The van der Waals surface area contributed by atoms with Gasteiger partial charge in [0.2, 0.25) is 5.43 Å². The van der Waals surface area contributed by atoms with Crippen LogP contribution in [0.2, 0.25) is 0 Å². The summed E-state index contributed by atoms with van der Waals surface area (Å²) in [4.78, 5) is 11.9. The Bertz CT molecular complexity index is 725. The molecular formula is C18H23NO6. The first-order valence-corrected chi connectivity index (χ1v) is 7.93. The fourth-order valence-electron chi connectivity index (χ4n) is 2.24. The Morgan fingerprint density at radius 1 is 1.12 bits per heavy atom. The van der Waals surface area contributed by atoms with Gasteiger partial charge in [0.1, 0.15) is 30.8 Å². The number of hydrogen-bond donors (Lipinski definition) is 2. The van der Waals surface area contributed by atoms with Crippen molar-refractivity contribution in [2.45, 2.75) is 19.6 Å². The topological polar surface area (TPSA) is 90.2 Å². The van der Waals surface area contributed by atoms with E-state index in [1.54, 1.807) is 20.2 Å². The highest BCUT2D eigenvalue weighted by molar-refractivity contribution is 5.31. The third-order valence-corrected chi connectivity index (χ3v) is 3.68. The van der Waals surface area contributed by atoms with E-state index in [0.717, 1.165) is 11.5 Å². The van der Waals surface area contributed by atoms with Gasteiger partial charge >= 0.3 is 0 Å². The Kier molecular flexibility index (Phi) is 6.85. The lowest BCUT2D eigenvalue weighted by Gasteiger charge is -2.16. The second kappa shape index (κ2) is 9.10. The first kappa shape index (κ1) is 18.8. The number of ether oxygens (including phenoxy) is 3. The largest absolute Gasteiger partial charge is 0.497 e. The molecule has 1 aromatic heterocycles. The summed E-state index contributed by atoms with van der Waals surface area (Å²) in [5.41, 5.74) is 0.367. The molecule has 0 spiro atoms. The summed E-state index contributed by atoms with van der Waals surface area (Å²) in [7, 11) is 1.61. The summed E-state index contributed by atoms with van der Waals surface area (Å²) in [5, 5.41) is 18.2. The van der Waals surface area contributed by atoms with E-state index in [0.29, 0.717) is 18.8 Å². The minimum Gasteiger partial charge on any atom is -0.497 e. The van der Waals surface area contributed by atoms with Crippen LogP contribution in [0.4, 0.5) is 0 Å². The molecule has 1 unspecified atom stereocenters. The molecule has 7 heteroatoms. The highest BCUT2D eigenvalue weighted by atomic mass is 16.5. The number of hydrogen-bond acceptors (Lipinski definition) is 6. The van der Waals surface area contributed by atoms with Crippen molar-refractivity contribution in [3.05, 3.63) is 52.4 Å². The zero-order chi connectivity index (χ0) is 18.2. The second-order valence-corrected chi connectivity index (χ2v) is 5.46. The Morgan fingerprint density at radius 2 is 1.80 bits per heavy atom. The number of nitrogens with zero attached hydrogens (tertiary/aromatic N) is 1. The zero-order valence-corrected chi connectivity index (χ0v) is 14.3. The van der Waals surface area contributed by atoms with Crippen LogP contribution in [-0.2, 0) is 6.54 Å². The predicted octanol–water partition coefficient (Wildman–Crippen LogP) is 0.976. The van der Waals surface area contributed by atoms with Crippen molar-refractivity contribution in [2.24, 2.45) is 0 Å². The van der Waals surface area contributed by atoms with Crippen molar-refractivity contribution in [1.82, 2.24) is 4.57 Å². The minimum absolute atomic E-state index is 0.140. The Morgan fingerprint density at radius 3 is 2.44 bits per heavy atom. The van der Waals surface area contributed by atoms with E-state index in [-0.39, 0.29) is 17.8 Å². The number of benzene rings is 1. The monoisotopic (exact) mass is 349 g/mol. The average Bonchev–Trinajstić information content (AvgIpc) is 2.63. The molecule has 2 rings (SSSR count). The van der Waals surface area contributed by atoms with Crippen LogP contribution in [0.3, 0.4) is 0 Å². The molecule has 0 amide bonds. The molecule has 2 N–H and O–H groups in total. The number of pyridine rings is 1. The Balaban J connectivity index is 1.98. The van der Waals surface area contributed by atoms with E-state index in [1.165, 1.54) is 6.07 Å². The first-order valence-electron chi connectivity index (χ1n) is 7.93. The molecule has 2 aromatic rings. The van der Waals surface area contributed by atoms with Gasteiger partial charge in [-0.2, -0.15) is 0 Å². The van der Waals surface area contributed by atoms with E-state index < -0.39 is 12.7 Å². The normalized spacial score (nSPS) is 11.8. The van der Waals surface area contributed by atoms with Gasteiger partial charge in [0.25, 0.3) is 0 Å².